The molecule has 0 spiro atoms. The minimum atomic E-state index is -0.677. The van der Waals surface area contributed by atoms with Crippen LogP contribution < -0.4 is 0 Å². The fourth-order valence-corrected chi connectivity index (χ4v) is 1.18. The van der Waals surface area contributed by atoms with Gasteiger partial charge in [0.2, 0.25) is 0 Å². The molecule has 11 heavy (non-hydrogen) atoms. The van der Waals surface area contributed by atoms with E-state index in [1.165, 1.54) is 0 Å². The summed E-state index contributed by atoms with van der Waals surface area (Å²) in [4.78, 5) is 1.91. The lowest BCUT2D eigenvalue weighted by molar-refractivity contribution is 0.0313. The van der Waals surface area contributed by atoms with Crippen LogP contribution in [0.5, 0.6) is 0 Å². The van der Waals surface area contributed by atoms with Gasteiger partial charge in [0.25, 0.3) is 0 Å². The zero-order valence-electron chi connectivity index (χ0n) is 7.83. The van der Waals surface area contributed by atoms with E-state index in [2.05, 4.69) is 0 Å². The molecule has 68 valence electrons. The molecule has 0 bridgehead atoms. The van der Waals surface area contributed by atoms with Gasteiger partial charge in [0, 0.05) is 13.1 Å². The van der Waals surface area contributed by atoms with E-state index in [1.807, 2.05) is 11.9 Å². The number of hydrogen-bond donors (Lipinski definition) is 2. The van der Waals surface area contributed by atoms with Gasteiger partial charge < -0.3 is 15.1 Å². The summed E-state index contributed by atoms with van der Waals surface area (Å²) in [6.07, 6.45) is -0.331. The van der Waals surface area contributed by atoms with E-state index < -0.39 is 5.60 Å². The maximum absolute atomic E-state index is 9.38. The van der Waals surface area contributed by atoms with E-state index in [4.69, 9.17) is 5.11 Å². The zero-order valence-corrected chi connectivity index (χ0v) is 7.83. The van der Waals surface area contributed by atoms with Crippen molar-refractivity contribution in [3.63, 3.8) is 0 Å². The minimum absolute atomic E-state index is 0.331. The molecule has 1 atom stereocenters. The smallest absolute Gasteiger partial charge is 0.0718 e. The lowest BCUT2D eigenvalue weighted by atomic mass is 10.1. The zero-order chi connectivity index (χ0) is 9.07. The molecule has 0 aromatic rings. The van der Waals surface area contributed by atoms with Crippen LogP contribution in [-0.4, -0.2) is 47.0 Å². The molecule has 0 amide bonds. The van der Waals surface area contributed by atoms with Gasteiger partial charge in [-0.1, -0.05) is 0 Å². The van der Waals surface area contributed by atoms with Gasteiger partial charge in [-0.3, -0.25) is 0 Å². The van der Waals surface area contributed by atoms with Gasteiger partial charge in [-0.05, 0) is 27.8 Å². The molecule has 0 radical (unpaired) electrons. The first kappa shape index (κ1) is 10.9. The van der Waals surface area contributed by atoms with Crippen LogP contribution in [0.1, 0.15) is 20.8 Å². The van der Waals surface area contributed by atoms with Crippen LogP contribution in [-0.2, 0) is 0 Å². The average Bonchev–Trinajstić information content (AvgIpc) is 1.53. The van der Waals surface area contributed by atoms with Gasteiger partial charge >= 0.3 is 0 Å². The molecule has 0 heterocycles. The molecule has 0 unspecified atom stereocenters. The van der Waals surface area contributed by atoms with Crippen LogP contribution in [0.3, 0.4) is 0 Å². The predicted molar refractivity (Wildman–Crippen MR) is 45.5 cm³/mol. The molecule has 0 aliphatic rings. The normalized spacial score (nSPS) is 15.5. The molecule has 0 aromatic heterocycles. The summed E-state index contributed by atoms with van der Waals surface area (Å²) in [6, 6.07) is 0. The Kier molecular flexibility index (Phi) is 4.00. The van der Waals surface area contributed by atoms with E-state index in [0.717, 1.165) is 0 Å². The summed E-state index contributed by atoms with van der Waals surface area (Å²) in [5.74, 6) is 0. The Labute approximate surface area is 68.6 Å². The molecule has 0 fully saturated rings. The van der Waals surface area contributed by atoms with Gasteiger partial charge in [-0.15, -0.1) is 0 Å². The topological polar surface area (TPSA) is 43.7 Å². The third-order valence-electron chi connectivity index (χ3n) is 1.23. The number of aliphatic hydroxyl groups is 2. The van der Waals surface area contributed by atoms with Gasteiger partial charge in [0.05, 0.1) is 11.7 Å². The highest BCUT2D eigenvalue weighted by atomic mass is 16.3. The molecule has 2 N–H and O–H groups in total. The summed E-state index contributed by atoms with van der Waals surface area (Å²) in [5.41, 5.74) is -0.677. The fraction of sp³-hybridized carbons (Fsp3) is 1.00. The third-order valence-corrected chi connectivity index (χ3v) is 1.23. The second-order valence-corrected chi connectivity index (χ2v) is 3.86. The number of likely N-dealkylation sites (N-methyl/N-ethyl adjacent to an activating group) is 1. The molecule has 3 nitrogen and oxygen atoms in total. The van der Waals surface area contributed by atoms with Gasteiger partial charge in [-0.25, -0.2) is 0 Å². The van der Waals surface area contributed by atoms with Crippen LogP contribution in [0.15, 0.2) is 0 Å². The van der Waals surface area contributed by atoms with Crippen LogP contribution in [0.4, 0.5) is 0 Å². The number of aliphatic hydroxyl groups excluding tert-OH is 1. The number of hydrogen-bond acceptors (Lipinski definition) is 3. The summed E-state index contributed by atoms with van der Waals surface area (Å²) in [6.45, 7) is 6.43. The van der Waals surface area contributed by atoms with Crippen molar-refractivity contribution < 1.29 is 10.2 Å². The average molecular weight is 161 g/mol. The lowest BCUT2D eigenvalue weighted by Gasteiger charge is -2.26. The Balaban J connectivity index is 3.61. The van der Waals surface area contributed by atoms with Crippen molar-refractivity contribution in [3.05, 3.63) is 0 Å². The highest BCUT2D eigenvalue weighted by Crippen LogP contribution is 2.02. The third kappa shape index (κ3) is 7.78. The Hall–Kier alpha value is -0.120. The van der Waals surface area contributed by atoms with Crippen molar-refractivity contribution in [3.8, 4) is 0 Å². The number of nitrogens with zero attached hydrogens (tertiary/aromatic N) is 1. The first-order valence-electron chi connectivity index (χ1n) is 3.90. The Morgan fingerprint density at radius 1 is 1.45 bits per heavy atom. The second kappa shape index (κ2) is 4.04. The Morgan fingerprint density at radius 3 is 2.18 bits per heavy atom. The molecule has 3 heteroatoms. The fourth-order valence-electron chi connectivity index (χ4n) is 1.18. The first-order chi connectivity index (χ1) is 4.81. The predicted octanol–water partition coefficient (Wildman–Crippen LogP) is 0.0699. The second-order valence-electron chi connectivity index (χ2n) is 3.86. The van der Waals surface area contributed by atoms with E-state index in [-0.39, 0.29) is 6.10 Å². The maximum Gasteiger partial charge on any atom is 0.0718 e. The highest BCUT2D eigenvalue weighted by molar-refractivity contribution is 4.70. The SMILES string of the molecule is C[C@@H](O)CN(C)CC(C)(C)O. The van der Waals surface area contributed by atoms with Crippen LogP contribution >= 0.6 is 0 Å². The van der Waals surface area contributed by atoms with Crippen molar-refractivity contribution in [2.75, 3.05) is 20.1 Å². The highest BCUT2D eigenvalue weighted by Gasteiger charge is 2.15. The Bertz CT molecular complexity index is 107. The van der Waals surface area contributed by atoms with Crippen molar-refractivity contribution in [1.29, 1.82) is 0 Å². The monoisotopic (exact) mass is 161 g/mol. The molecule has 0 aliphatic heterocycles. The molecule has 0 saturated heterocycles. The molecular formula is C8H19NO2. The van der Waals surface area contributed by atoms with Crippen molar-refractivity contribution >= 4 is 0 Å². The van der Waals surface area contributed by atoms with Crippen LogP contribution in [0.2, 0.25) is 0 Å². The van der Waals surface area contributed by atoms with E-state index in [9.17, 15) is 5.11 Å². The summed E-state index contributed by atoms with van der Waals surface area (Å²) >= 11 is 0. The molecule has 0 rings (SSSR count). The van der Waals surface area contributed by atoms with Crippen molar-refractivity contribution in [1.82, 2.24) is 4.90 Å². The Morgan fingerprint density at radius 2 is 1.91 bits per heavy atom. The lowest BCUT2D eigenvalue weighted by Crippen LogP contribution is -2.39. The van der Waals surface area contributed by atoms with Crippen LogP contribution in [0.25, 0.3) is 0 Å². The quantitative estimate of drug-likeness (QED) is 0.613. The van der Waals surface area contributed by atoms with Gasteiger partial charge in [0.1, 0.15) is 0 Å². The van der Waals surface area contributed by atoms with E-state index in [0.29, 0.717) is 13.1 Å². The van der Waals surface area contributed by atoms with E-state index >= 15 is 0 Å². The minimum Gasteiger partial charge on any atom is -0.392 e. The standard InChI is InChI=1S/C8H19NO2/c1-7(10)5-9(4)6-8(2,3)11/h7,10-11H,5-6H2,1-4H3/t7-/m1/s1. The maximum atomic E-state index is 9.38. The van der Waals surface area contributed by atoms with Crippen LogP contribution in [0, 0.1) is 0 Å². The summed E-state index contributed by atoms with van der Waals surface area (Å²) in [7, 11) is 1.88. The van der Waals surface area contributed by atoms with Crippen molar-refractivity contribution in [2.45, 2.75) is 32.5 Å². The summed E-state index contributed by atoms with van der Waals surface area (Å²) < 4.78 is 0. The number of rotatable bonds is 4. The van der Waals surface area contributed by atoms with Gasteiger partial charge in [0.15, 0.2) is 0 Å². The summed E-state index contributed by atoms with van der Waals surface area (Å²) in [5, 5.41) is 18.4. The first-order valence-corrected chi connectivity index (χ1v) is 3.90. The molecular weight excluding hydrogens is 142 g/mol. The van der Waals surface area contributed by atoms with E-state index in [1.54, 1.807) is 20.8 Å². The largest absolute Gasteiger partial charge is 0.392 e. The molecule has 0 saturated carbocycles. The van der Waals surface area contributed by atoms with Gasteiger partial charge in [-0.2, -0.15) is 0 Å². The van der Waals surface area contributed by atoms with Crippen molar-refractivity contribution in [2.24, 2.45) is 0 Å². The molecule has 0 aromatic carbocycles. The molecule has 0 aliphatic carbocycles.